The summed E-state index contributed by atoms with van der Waals surface area (Å²) in [4.78, 5) is 19.5. The summed E-state index contributed by atoms with van der Waals surface area (Å²) >= 11 is 1.50. The SMILES string of the molecule is Cl.Cl.O=C(c1csc(Cc2ccc(F)cc2)n1)N1C2CCNCC1CC2. The molecule has 4 nitrogen and oxygen atoms in total. The number of aromatic nitrogens is 1. The van der Waals surface area contributed by atoms with Crippen molar-refractivity contribution in [1.82, 2.24) is 15.2 Å². The summed E-state index contributed by atoms with van der Waals surface area (Å²) in [7, 11) is 0. The highest BCUT2D eigenvalue weighted by molar-refractivity contribution is 7.09. The van der Waals surface area contributed by atoms with Crippen LogP contribution >= 0.6 is 36.2 Å². The fourth-order valence-electron chi connectivity index (χ4n) is 3.71. The zero-order chi connectivity index (χ0) is 16.5. The quantitative estimate of drug-likeness (QED) is 0.827. The van der Waals surface area contributed by atoms with Crippen LogP contribution < -0.4 is 5.32 Å². The predicted octanol–water partition coefficient (Wildman–Crippen LogP) is 3.68. The molecule has 2 unspecified atom stereocenters. The molecule has 2 aliphatic rings. The summed E-state index contributed by atoms with van der Waals surface area (Å²) in [5, 5.41) is 6.17. The number of fused-ring (bicyclic) bond motifs is 2. The Morgan fingerprint density at radius 2 is 1.92 bits per heavy atom. The molecule has 1 aromatic carbocycles. The molecule has 142 valence electrons. The first-order chi connectivity index (χ1) is 11.7. The van der Waals surface area contributed by atoms with Crippen LogP contribution in [0.15, 0.2) is 29.6 Å². The topological polar surface area (TPSA) is 45.2 Å². The number of thiazole rings is 1. The lowest BCUT2D eigenvalue weighted by Crippen LogP contribution is -2.42. The van der Waals surface area contributed by atoms with Crippen molar-refractivity contribution >= 4 is 42.1 Å². The molecule has 2 atom stereocenters. The summed E-state index contributed by atoms with van der Waals surface area (Å²) in [5.41, 5.74) is 1.56. The van der Waals surface area contributed by atoms with E-state index in [1.54, 1.807) is 12.1 Å². The van der Waals surface area contributed by atoms with Gasteiger partial charge in [-0.05, 0) is 43.5 Å². The van der Waals surface area contributed by atoms with Crippen LogP contribution in [0.25, 0.3) is 0 Å². The van der Waals surface area contributed by atoms with Gasteiger partial charge in [-0.15, -0.1) is 36.2 Å². The fourth-order valence-corrected chi connectivity index (χ4v) is 4.52. The van der Waals surface area contributed by atoms with E-state index in [0.717, 1.165) is 42.9 Å². The first kappa shape index (κ1) is 21.1. The number of nitrogens with one attached hydrogen (secondary N) is 1. The number of halogens is 3. The Kier molecular flexibility index (Phi) is 7.41. The van der Waals surface area contributed by atoms with E-state index < -0.39 is 0 Å². The van der Waals surface area contributed by atoms with E-state index in [1.165, 1.54) is 23.5 Å². The summed E-state index contributed by atoms with van der Waals surface area (Å²) < 4.78 is 13.0. The van der Waals surface area contributed by atoms with Gasteiger partial charge in [-0.1, -0.05) is 12.1 Å². The molecular weight excluding hydrogens is 396 g/mol. The zero-order valence-corrected chi connectivity index (χ0v) is 16.6. The Hall–Kier alpha value is -1.21. The van der Waals surface area contributed by atoms with Crippen molar-refractivity contribution in [3.63, 3.8) is 0 Å². The Morgan fingerprint density at radius 3 is 2.69 bits per heavy atom. The lowest BCUT2D eigenvalue weighted by Gasteiger charge is -2.27. The summed E-state index contributed by atoms with van der Waals surface area (Å²) in [6, 6.07) is 7.08. The highest BCUT2D eigenvalue weighted by Crippen LogP contribution is 2.30. The molecule has 2 aliphatic heterocycles. The van der Waals surface area contributed by atoms with Crippen LogP contribution in [0.1, 0.15) is 40.3 Å². The van der Waals surface area contributed by atoms with Gasteiger partial charge in [0.05, 0.1) is 5.01 Å². The summed E-state index contributed by atoms with van der Waals surface area (Å²) in [5.74, 6) is -0.174. The molecule has 4 rings (SSSR count). The average Bonchev–Trinajstić information content (AvgIpc) is 3.12. The minimum absolute atomic E-state index is 0. The van der Waals surface area contributed by atoms with Gasteiger partial charge in [0.25, 0.3) is 5.91 Å². The third kappa shape index (κ3) is 4.36. The minimum Gasteiger partial charge on any atom is -0.330 e. The Bertz CT molecular complexity index is 726. The largest absolute Gasteiger partial charge is 0.330 e. The third-order valence-electron chi connectivity index (χ3n) is 4.93. The Labute approximate surface area is 169 Å². The second-order valence-corrected chi connectivity index (χ2v) is 7.46. The maximum Gasteiger partial charge on any atom is 0.273 e. The number of carbonyl (C=O) groups is 1. The molecule has 2 saturated heterocycles. The van der Waals surface area contributed by atoms with Gasteiger partial charge in [-0.3, -0.25) is 4.79 Å². The molecule has 2 bridgehead atoms. The molecule has 1 amide bonds. The van der Waals surface area contributed by atoms with Gasteiger partial charge in [0.2, 0.25) is 0 Å². The van der Waals surface area contributed by atoms with Gasteiger partial charge in [0.15, 0.2) is 0 Å². The van der Waals surface area contributed by atoms with Crippen molar-refractivity contribution in [2.24, 2.45) is 0 Å². The molecule has 26 heavy (non-hydrogen) atoms. The maximum atomic E-state index is 13.0. The van der Waals surface area contributed by atoms with Crippen molar-refractivity contribution in [2.75, 3.05) is 13.1 Å². The lowest BCUT2D eigenvalue weighted by molar-refractivity contribution is 0.0675. The molecular formula is C18H22Cl2FN3OS. The molecule has 0 aliphatic carbocycles. The molecule has 3 heterocycles. The standard InChI is InChI=1S/C18H20FN3OS.2ClH/c19-13-3-1-12(2-4-13)9-17-21-16(11-24-17)18(23)22-14-5-6-15(22)10-20-8-7-14;;/h1-4,11,14-15,20H,5-10H2;2*1H. The predicted molar refractivity (Wildman–Crippen MR) is 106 cm³/mol. The highest BCUT2D eigenvalue weighted by atomic mass is 35.5. The average molecular weight is 418 g/mol. The first-order valence-corrected chi connectivity index (χ1v) is 9.31. The van der Waals surface area contributed by atoms with E-state index in [4.69, 9.17) is 0 Å². The number of benzene rings is 1. The van der Waals surface area contributed by atoms with E-state index in [2.05, 4.69) is 15.2 Å². The van der Waals surface area contributed by atoms with Crippen LogP contribution in [0, 0.1) is 5.82 Å². The van der Waals surface area contributed by atoms with Crippen LogP contribution in [-0.2, 0) is 6.42 Å². The molecule has 2 fully saturated rings. The van der Waals surface area contributed by atoms with Crippen LogP contribution in [-0.4, -0.2) is 41.0 Å². The summed E-state index contributed by atoms with van der Waals surface area (Å²) in [6.45, 7) is 1.87. The van der Waals surface area contributed by atoms with Gasteiger partial charge in [-0.2, -0.15) is 0 Å². The maximum absolute atomic E-state index is 13.0. The lowest BCUT2D eigenvalue weighted by atomic mass is 10.1. The van der Waals surface area contributed by atoms with Crippen molar-refractivity contribution in [1.29, 1.82) is 0 Å². The first-order valence-electron chi connectivity index (χ1n) is 8.43. The zero-order valence-electron chi connectivity index (χ0n) is 14.2. The molecule has 0 spiro atoms. The van der Waals surface area contributed by atoms with E-state index >= 15 is 0 Å². The van der Waals surface area contributed by atoms with Crippen molar-refractivity contribution in [3.8, 4) is 0 Å². The van der Waals surface area contributed by atoms with Crippen LogP contribution in [0.2, 0.25) is 0 Å². The van der Waals surface area contributed by atoms with Crippen molar-refractivity contribution in [2.45, 2.75) is 37.8 Å². The fraction of sp³-hybridized carbons (Fsp3) is 0.444. The van der Waals surface area contributed by atoms with Crippen LogP contribution in [0.5, 0.6) is 0 Å². The van der Waals surface area contributed by atoms with E-state index in [0.29, 0.717) is 24.2 Å². The van der Waals surface area contributed by atoms with Gasteiger partial charge >= 0.3 is 0 Å². The number of hydrogen-bond donors (Lipinski definition) is 1. The third-order valence-corrected chi connectivity index (χ3v) is 5.78. The molecule has 0 saturated carbocycles. The second-order valence-electron chi connectivity index (χ2n) is 6.52. The normalized spacial score (nSPS) is 21.5. The van der Waals surface area contributed by atoms with E-state index in [1.807, 2.05) is 5.38 Å². The van der Waals surface area contributed by atoms with Crippen molar-refractivity contribution in [3.05, 3.63) is 51.7 Å². The van der Waals surface area contributed by atoms with Gasteiger partial charge < -0.3 is 10.2 Å². The van der Waals surface area contributed by atoms with E-state index in [9.17, 15) is 9.18 Å². The van der Waals surface area contributed by atoms with Gasteiger partial charge in [0, 0.05) is 30.4 Å². The molecule has 1 aromatic heterocycles. The number of amides is 1. The minimum atomic E-state index is -0.237. The number of nitrogens with zero attached hydrogens (tertiary/aromatic N) is 2. The molecule has 1 N–H and O–H groups in total. The highest BCUT2D eigenvalue weighted by Gasteiger charge is 2.38. The molecule has 0 radical (unpaired) electrons. The molecule has 8 heteroatoms. The van der Waals surface area contributed by atoms with E-state index in [-0.39, 0.29) is 36.5 Å². The summed E-state index contributed by atoms with van der Waals surface area (Å²) in [6.07, 6.45) is 3.84. The monoisotopic (exact) mass is 417 g/mol. The van der Waals surface area contributed by atoms with Crippen LogP contribution in [0.4, 0.5) is 4.39 Å². The van der Waals surface area contributed by atoms with Gasteiger partial charge in [-0.25, -0.2) is 9.37 Å². The van der Waals surface area contributed by atoms with Crippen molar-refractivity contribution < 1.29 is 9.18 Å². The number of carbonyl (C=O) groups excluding carboxylic acids is 1. The second kappa shape index (κ2) is 9.13. The Balaban J connectivity index is 0.00000121. The van der Waals surface area contributed by atoms with Crippen LogP contribution in [0.3, 0.4) is 0 Å². The number of hydrogen-bond acceptors (Lipinski definition) is 4. The molecule has 2 aromatic rings. The Morgan fingerprint density at radius 1 is 1.19 bits per heavy atom. The smallest absolute Gasteiger partial charge is 0.273 e. The number of rotatable bonds is 3. The van der Waals surface area contributed by atoms with Gasteiger partial charge in [0.1, 0.15) is 11.5 Å².